The molecule has 1 saturated heterocycles. The lowest BCUT2D eigenvalue weighted by atomic mass is 10.1. The van der Waals surface area contributed by atoms with Gasteiger partial charge in [0.05, 0.1) is 33.2 Å². The van der Waals surface area contributed by atoms with Crippen LogP contribution < -0.4 is 10.6 Å². The van der Waals surface area contributed by atoms with E-state index in [0.717, 1.165) is 21.7 Å². The normalized spacial score (nSPS) is 19.4. The van der Waals surface area contributed by atoms with Gasteiger partial charge in [0.15, 0.2) is 0 Å². The van der Waals surface area contributed by atoms with Gasteiger partial charge >= 0.3 is 0 Å². The van der Waals surface area contributed by atoms with Gasteiger partial charge in [0, 0.05) is 26.4 Å². The highest BCUT2D eigenvalue weighted by Gasteiger charge is 2.38. The average molecular weight is 447 g/mol. The van der Waals surface area contributed by atoms with Gasteiger partial charge in [-0.2, -0.15) is 0 Å². The molecule has 2 amide bonds. The number of β-amino-alcohol motifs (C(OH)–C–C–N with tert-alkyl or cyclic N) is 1. The summed E-state index contributed by atoms with van der Waals surface area (Å²) in [6.45, 7) is 5.73. The number of benzene rings is 1. The zero-order valence-corrected chi connectivity index (χ0v) is 18.8. The van der Waals surface area contributed by atoms with Gasteiger partial charge in [-0.1, -0.05) is 36.5 Å². The third-order valence-electron chi connectivity index (χ3n) is 5.08. The standard InChI is InChI=1S/C21H26N4O3S2/c1-12-19(30-11-23-12)16-6-4-15(5-7-16)9-22-20(29)18-8-17(27)10-25(18)21(28)13(2)24-14(3)26/h4-7,11,13,17-18,27H,8-10H2,1-3H3,(H,22,29)(H,24,26)/t13-,17+,18-/m0/s1. The SMILES string of the molecule is CC(=O)N[C@@H](C)C(=O)N1C[C@H](O)C[C@H]1C(=S)NCc1ccc(-c2scnc2C)cc1. The second-order valence-corrected chi connectivity index (χ2v) is 8.79. The Morgan fingerprint density at radius 2 is 2.07 bits per heavy atom. The van der Waals surface area contributed by atoms with E-state index in [1.54, 1.807) is 23.2 Å². The number of amides is 2. The van der Waals surface area contributed by atoms with Crippen molar-refractivity contribution in [2.75, 3.05) is 6.54 Å². The number of hydrogen-bond acceptors (Lipinski definition) is 6. The van der Waals surface area contributed by atoms with Gasteiger partial charge < -0.3 is 20.6 Å². The molecule has 7 nitrogen and oxygen atoms in total. The lowest BCUT2D eigenvalue weighted by Gasteiger charge is -2.28. The Kier molecular flexibility index (Phi) is 7.17. The first-order valence-corrected chi connectivity index (χ1v) is 11.1. The number of carbonyl (C=O) groups is 2. The van der Waals surface area contributed by atoms with Crippen molar-refractivity contribution in [2.45, 2.75) is 51.9 Å². The highest BCUT2D eigenvalue weighted by atomic mass is 32.1. The average Bonchev–Trinajstić information content (AvgIpc) is 3.31. The molecular weight excluding hydrogens is 420 g/mol. The molecule has 160 valence electrons. The zero-order valence-electron chi connectivity index (χ0n) is 17.2. The lowest BCUT2D eigenvalue weighted by Crippen LogP contribution is -2.51. The highest BCUT2D eigenvalue weighted by Crippen LogP contribution is 2.27. The van der Waals surface area contributed by atoms with Crippen LogP contribution in [0.2, 0.25) is 0 Å². The highest BCUT2D eigenvalue weighted by molar-refractivity contribution is 7.80. The van der Waals surface area contributed by atoms with E-state index in [9.17, 15) is 14.7 Å². The molecule has 2 heterocycles. The Morgan fingerprint density at radius 3 is 2.67 bits per heavy atom. The Hall–Kier alpha value is -2.36. The van der Waals surface area contributed by atoms with Crippen LogP contribution in [0.3, 0.4) is 0 Å². The fourth-order valence-corrected chi connectivity index (χ4v) is 4.69. The molecule has 1 aliphatic rings. The predicted molar refractivity (Wildman–Crippen MR) is 121 cm³/mol. The van der Waals surface area contributed by atoms with Crippen LogP contribution in [0, 0.1) is 6.92 Å². The summed E-state index contributed by atoms with van der Waals surface area (Å²) in [5.74, 6) is -0.523. The maximum absolute atomic E-state index is 12.7. The number of hydrogen-bond donors (Lipinski definition) is 3. The quantitative estimate of drug-likeness (QED) is 0.588. The van der Waals surface area contributed by atoms with Crippen molar-refractivity contribution in [3.05, 3.63) is 41.0 Å². The third-order valence-corrected chi connectivity index (χ3v) is 6.48. The molecule has 0 radical (unpaired) electrons. The summed E-state index contributed by atoms with van der Waals surface area (Å²) >= 11 is 7.15. The van der Waals surface area contributed by atoms with Gasteiger partial charge in [0.25, 0.3) is 0 Å². The van der Waals surface area contributed by atoms with Gasteiger partial charge in [-0.25, -0.2) is 4.98 Å². The van der Waals surface area contributed by atoms with Crippen molar-refractivity contribution in [3.8, 4) is 10.4 Å². The van der Waals surface area contributed by atoms with Crippen molar-refractivity contribution < 1.29 is 14.7 Å². The summed E-state index contributed by atoms with van der Waals surface area (Å²) in [6, 6.07) is 7.14. The van der Waals surface area contributed by atoms with Crippen LogP contribution >= 0.6 is 23.6 Å². The first kappa shape index (κ1) is 22.3. The van der Waals surface area contributed by atoms with Crippen molar-refractivity contribution in [1.29, 1.82) is 0 Å². The Balaban J connectivity index is 1.61. The summed E-state index contributed by atoms with van der Waals surface area (Å²) in [7, 11) is 0. The van der Waals surface area contributed by atoms with E-state index in [0.29, 0.717) is 18.0 Å². The van der Waals surface area contributed by atoms with Gasteiger partial charge in [0.2, 0.25) is 11.8 Å². The molecule has 9 heteroatoms. The van der Waals surface area contributed by atoms with E-state index >= 15 is 0 Å². The number of carbonyl (C=O) groups excluding carboxylic acids is 2. The van der Waals surface area contributed by atoms with Crippen molar-refractivity contribution in [3.63, 3.8) is 0 Å². The monoisotopic (exact) mass is 446 g/mol. The number of thiocarbonyl (C=S) groups is 1. The van der Waals surface area contributed by atoms with Gasteiger partial charge in [0.1, 0.15) is 6.04 Å². The lowest BCUT2D eigenvalue weighted by molar-refractivity contribution is -0.135. The first-order valence-electron chi connectivity index (χ1n) is 9.79. The zero-order chi connectivity index (χ0) is 21.8. The second kappa shape index (κ2) is 9.63. The van der Waals surface area contributed by atoms with Crippen LogP contribution in [-0.2, 0) is 16.1 Å². The predicted octanol–water partition coefficient (Wildman–Crippen LogP) is 2.02. The molecule has 3 rings (SSSR count). The maximum Gasteiger partial charge on any atom is 0.245 e. The molecule has 3 N–H and O–H groups in total. The number of thiazole rings is 1. The van der Waals surface area contributed by atoms with E-state index < -0.39 is 18.2 Å². The van der Waals surface area contributed by atoms with Crippen LogP contribution in [0.25, 0.3) is 10.4 Å². The maximum atomic E-state index is 12.7. The van der Waals surface area contributed by atoms with Crippen LogP contribution in [0.1, 0.15) is 31.5 Å². The summed E-state index contributed by atoms with van der Waals surface area (Å²) < 4.78 is 0. The summed E-state index contributed by atoms with van der Waals surface area (Å²) in [4.78, 5) is 31.5. The minimum absolute atomic E-state index is 0.206. The van der Waals surface area contributed by atoms with Crippen LogP contribution in [-0.4, -0.2) is 56.5 Å². The summed E-state index contributed by atoms with van der Waals surface area (Å²) in [6.07, 6.45) is -0.251. The molecule has 0 unspecified atom stereocenters. The Labute approximate surface area is 185 Å². The molecule has 1 aromatic carbocycles. The Bertz CT molecular complexity index is 929. The molecule has 3 atom stereocenters. The molecule has 1 aromatic heterocycles. The molecule has 0 saturated carbocycles. The molecule has 1 aliphatic heterocycles. The third kappa shape index (κ3) is 5.21. The largest absolute Gasteiger partial charge is 0.391 e. The number of nitrogens with zero attached hydrogens (tertiary/aromatic N) is 2. The fourth-order valence-electron chi connectivity index (χ4n) is 3.58. The molecule has 2 aromatic rings. The van der Waals surface area contributed by atoms with E-state index in [-0.39, 0.29) is 18.4 Å². The smallest absolute Gasteiger partial charge is 0.245 e. The molecule has 0 aliphatic carbocycles. The fraction of sp³-hybridized carbons (Fsp3) is 0.429. The van der Waals surface area contributed by atoms with Gasteiger partial charge in [-0.15, -0.1) is 11.3 Å². The minimum Gasteiger partial charge on any atom is -0.391 e. The number of aliphatic hydroxyl groups is 1. The summed E-state index contributed by atoms with van der Waals surface area (Å²) in [5, 5.41) is 15.9. The number of rotatable bonds is 6. The number of aliphatic hydroxyl groups excluding tert-OH is 1. The van der Waals surface area contributed by atoms with Crippen LogP contribution in [0.15, 0.2) is 29.8 Å². The number of nitrogens with one attached hydrogen (secondary N) is 2. The molecule has 0 bridgehead atoms. The number of aromatic nitrogens is 1. The molecule has 1 fully saturated rings. The second-order valence-electron chi connectivity index (χ2n) is 7.50. The molecule has 0 spiro atoms. The molecule has 30 heavy (non-hydrogen) atoms. The minimum atomic E-state index is -0.666. The van der Waals surface area contributed by atoms with Crippen molar-refractivity contribution >= 4 is 40.4 Å². The van der Waals surface area contributed by atoms with E-state index in [4.69, 9.17) is 12.2 Å². The number of aryl methyl sites for hydroxylation is 1. The van der Waals surface area contributed by atoms with E-state index in [2.05, 4.69) is 27.8 Å². The van der Waals surface area contributed by atoms with Crippen LogP contribution in [0.5, 0.6) is 0 Å². The number of likely N-dealkylation sites (tertiary alicyclic amines) is 1. The Morgan fingerprint density at radius 1 is 1.37 bits per heavy atom. The van der Waals surface area contributed by atoms with E-state index in [1.807, 2.05) is 24.6 Å². The summed E-state index contributed by atoms with van der Waals surface area (Å²) in [5.41, 5.74) is 5.05. The van der Waals surface area contributed by atoms with E-state index in [1.165, 1.54) is 6.92 Å². The topological polar surface area (TPSA) is 94.6 Å². The van der Waals surface area contributed by atoms with Crippen molar-refractivity contribution in [1.82, 2.24) is 20.5 Å². The van der Waals surface area contributed by atoms with Gasteiger partial charge in [-0.05, 0) is 25.0 Å². The van der Waals surface area contributed by atoms with Gasteiger partial charge in [-0.3, -0.25) is 9.59 Å². The molecular formula is C21H26N4O3S2. The van der Waals surface area contributed by atoms with Crippen molar-refractivity contribution in [2.24, 2.45) is 0 Å². The van der Waals surface area contributed by atoms with Crippen LogP contribution in [0.4, 0.5) is 0 Å². The first-order chi connectivity index (χ1) is 14.3.